The Morgan fingerprint density at radius 2 is 1.66 bits per heavy atom. The van der Waals surface area contributed by atoms with Gasteiger partial charge in [-0.15, -0.1) is 0 Å². The number of nitrogens with one attached hydrogen (secondary N) is 1. The molecule has 7 heteroatoms. The Balaban J connectivity index is 1.94. The van der Waals surface area contributed by atoms with Gasteiger partial charge in [-0.1, -0.05) is 32.4 Å². The highest BCUT2D eigenvalue weighted by Gasteiger charge is 2.44. The van der Waals surface area contributed by atoms with E-state index >= 15 is 0 Å². The molecule has 3 rings (SSSR count). The van der Waals surface area contributed by atoms with Gasteiger partial charge in [0.25, 0.3) is 11.8 Å². The molecule has 0 spiro atoms. The van der Waals surface area contributed by atoms with Gasteiger partial charge in [-0.25, -0.2) is 0 Å². The minimum absolute atomic E-state index is 0.235. The fourth-order valence-corrected chi connectivity index (χ4v) is 3.42. The van der Waals surface area contributed by atoms with Crippen LogP contribution in [0.1, 0.15) is 41.0 Å². The molecule has 0 aliphatic carbocycles. The minimum Gasteiger partial charge on any atom is -0.497 e. The summed E-state index contributed by atoms with van der Waals surface area (Å²) >= 11 is 0. The van der Waals surface area contributed by atoms with Crippen LogP contribution in [-0.4, -0.2) is 42.9 Å². The summed E-state index contributed by atoms with van der Waals surface area (Å²) in [6, 6.07) is 10.7. The van der Waals surface area contributed by atoms with Crippen molar-refractivity contribution in [2.24, 2.45) is 5.92 Å². The summed E-state index contributed by atoms with van der Waals surface area (Å²) in [5, 5.41) is 2.81. The van der Waals surface area contributed by atoms with Crippen LogP contribution in [0.5, 0.6) is 11.5 Å². The molecule has 0 saturated heterocycles. The second-order valence-corrected chi connectivity index (χ2v) is 6.91. The predicted octanol–water partition coefficient (Wildman–Crippen LogP) is 3.35. The van der Waals surface area contributed by atoms with Crippen LogP contribution < -0.4 is 14.8 Å². The average molecular weight is 396 g/mol. The van der Waals surface area contributed by atoms with Crippen molar-refractivity contribution in [2.75, 3.05) is 19.5 Å². The molecular weight excluding hydrogens is 372 g/mol. The van der Waals surface area contributed by atoms with E-state index < -0.39 is 23.8 Å². The number of ether oxygens (including phenoxy) is 2. The number of carbonyl (C=O) groups excluding carboxylic acids is 3. The number of methoxy groups -OCH3 is 2. The highest BCUT2D eigenvalue weighted by Crippen LogP contribution is 2.32. The van der Waals surface area contributed by atoms with Crippen molar-refractivity contribution in [3.05, 3.63) is 53.6 Å². The summed E-state index contributed by atoms with van der Waals surface area (Å²) in [7, 11) is 3.02. The maximum Gasteiger partial charge on any atom is 0.262 e. The quantitative estimate of drug-likeness (QED) is 0.726. The lowest BCUT2D eigenvalue weighted by molar-refractivity contribution is -0.121. The zero-order chi connectivity index (χ0) is 21.1. The van der Waals surface area contributed by atoms with Gasteiger partial charge in [0.05, 0.1) is 31.0 Å². The number of carbonyl (C=O) groups is 3. The summed E-state index contributed by atoms with van der Waals surface area (Å²) in [5.41, 5.74) is 1.07. The van der Waals surface area contributed by atoms with E-state index in [0.717, 1.165) is 4.90 Å². The van der Waals surface area contributed by atoms with Crippen LogP contribution in [-0.2, 0) is 4.79 Å². The summed E-state index contributed by atoms with van der Waals surface area (Å²) in [5.74, 6) is -0.582. The second kappa shape index (κ2) is 8.34. The van der Waals surface area contributed by atoms with E-state index in [2.05, 4.69) is 5.32 Å². The lowest BCUT2D eigenvalue weighted by Crippen LogP contribution is -2.50. The van der Waals surface area contributed by atoms with Gasteiger partial charge in [0.2, 0.25) is 5.91 Å². The van der Waals surface area contributed by atoms with Crippen molar-refractivity contribution >= 4 is 23.4 Å². The first kappa shape index (κ1) is 20.4. The normalized spacial score (nSPS) is 15.0. The third-order valence-electron chi connectivity index (χ3n) is 5.22. The molecule has 7 nitrogen and oxygen atoms in total. The van der Waals surface area contributed by atoms with E-state index in [-0.39, 0.29) is 5.92 Å². The summed E-state index contributed by atoms with van der Waals surface area (Å²) in [4.78, 5) is 40.1. The van der Waals surface area contributed by atoms with Crippen LogP contribution in [0.4, 0.5) is 5.69 Å². The fraction of sp³-hybridized carbons (Fsp3) is 0.318. The highest BCUT2D eigenvalue weighted by atomic mass is 16.5. The van der Waals surface area contributed by atoms with E-state index in [9.17, 15) is 14.4 Å². The number of hydrogen-bond acceptors (Lipinski definition) is 5. The number of benzene rings is 2. The van der Waals surface area contributed by atoms with E-state index in [1.54, 1.807) is 42.5 Å². The monoisotopic (exact) mass is 396 g/mol. The van der Waals surface area contributed by atoms with Crippen molar-refractivity contribution in [2.45, 2.75) is 26.3 Å². The zero-order valence-electron chi connectivity index (χ0n) is 16.9. The fourth-order valence-electron chi connectivity index (χ4n) is 3.42. The second-order valence-electron chi connectivity index (χ2n) is 6.91. The molecule has 0 aromatic heterocycles. The van der Waals surface area contributed by atoms with Gasteiger partial charge in [-0.3, -0.25) is 19.3 Å². The van der Waals surface area contributed by atoms with Gasteiger partial charge in [-0.2, -0.15) is 0 Å². The van der Waals surface area contributed by atoms with Crippen molar-refractivity contribution in [1.29, 1.82) is 0 Å². The van der Waals surface area contributed by atoms with Gasteiger partial charge in [-0.05, 0) is 30.2 Å². The lowest BCUT2D eigenvalue weighted by Gasteiger charge is -2.30. The van der Waals surface area contributed by atoms with E-state index in [1.165, 1.54) is 14.2 Å². The van der Waals surface area contributed by atoms with Crippen molar-refractivity contribution < 1.29 is 23.9 Å². The first-order valence-electron chi connectivity index (χ1n) is 9.42. The number of rotatable bonds is 7. The SMILES string of the molecule is CC[C@H](C)[C@@H](C(=O)Nc1ccc(OC)cc1OC)N1C(=O)c2ccccc2C1=O. The zero-order valence-corrected chi connectivity index (χ0v) is 16.9. The van der Waals surface area contributed by atoms with Gasteiger partial charge >= 0.3 is 0 Å². The molecule has 1 aliphatic rings. The number of fused-ring (bicyclic) bond motifs is 1. The molecule has 0 unspecified atom stereocenters. The van der Waals surface area contributed by atoms with Crippen LogP contribution in [0.25, 0.3) is 0 Å². The van der Waals surface area contributed by atoms with E-state index in [1.807, 2.05) is 13.8 Å². The van der Waals surface area contributed by atoms with E-state index in [0.29, 0.717) is 34.7 Å². The Kier molecular flexibility index (Phi) is 5.87. The Labute approximate surface area is 169 Å². The molecule has 29 heavy (non-hydrogen) atoms. The Morgan fingerprint density at radius 3 is 2.17 bits per heavy atom. The number of imide groups is 1. The molecule has 2 aromatic rings. The third kappa shape index (κ3) is 3.68. The maximum absolute atomic E-state index is 13.2. The van der Waals surface area contributed by atoms with Gasteiger partial charge < -0.3 is 14.8 Å². The smallest absolute Gasteiger partial charge is 0.262 e. The molecule has 0 fully saturated rings. The number of anilines is 1. The topological polar surface area (TPSA) is 84.9 Å². The Hall–Kier alpha value is -3.35. The van der Waals surface area contributed by atoms with Crippen LogP contribution >= 0.6 is 0 Å². The average Bonchev–Trinajstić information content (AvgIpc) is 2.99. The number of hydrogen-bond donors (Lipinski definition) is 1. The van der Waals surface area contributed by atoms with Crippen molar-refractivity contribution in [3.8, 4) is 11.5 Å². The third-order valence-corrected chi connectivity index (χ3v) is 5.22. The summed E-state index contributed by atoms with van der Waals surface area (Å²) in [6.45, 7) is 3.76. The summed E-state index contributed by atoms with van der Waals surface area (Å²) < 4.78 is 10.5. The molecule has 1 heterocycles. The number of nitrogens with zero attached hydrogens (tertiary/aromatic N) is 1. The molecule has 1 aliphatic heterocycles. The minimum atomic E-state index is -0.945. The molecule has 0 saturated carbocycles. The molecule has 152 valence electrons. The molecule has 1 N–H and O–H groups in total. The first-order chi connectivity index (χ1) is 13.9. The molecular formula is C22H24N2O5. The number of amides is 3. The molecule has 2 aromatic carbocycles. The molecule has 3 amide bonds. The lowest BCUT2D eigenvalue weighted by atomic mass is 9.96. The standard InChI is InChI=1S/C22H24N2O5/c1-5-13(2)19(24-21(26)15-8-6-7-9-16(15)22(24)27)20(25)23-17-11-10-14(28-3)12-18(17)29-4/h6-13,19H,5H2,1-4H3,(H,23,25)/t13-,19-/m0/s1. The van der Waals surface area contributed by atoms with Gasteiger partial charge in [0.1, 0.15) is 17.5 Å². The maximum atomic E-state index is 13.2. The largest absolute Gasteiger partial charge is 0.497 e. The van der Waals surface area contributed by atoms with Crippen LogP contribution in [0.2, 0.25) is 0 Å². The molecule has 2 atom stereocenters. The van der Waals surface area contributed by atoms with Crippen LogP contribution in [0, 0.1) is 5.92 Å². The van der Waals surface area contributed by atoms with Gasteiger partial charge in [0.15, 0.2) is 0 Å². The predicted molar refractivity (Wildman–Crippen MR) is 108 cm³/mol. The Bertz CT molecular complexity index is 921. The van der Waals surface area contributed by atoms with Crippen molar-refractivity contribution in [1.82, 2.24) is 4.90 Å². The first-order valence-corrected chi connectivity index (χ1v) is 9.42. The van der Waals surface area contributed by atoms with Crippen LogP contribution in [0.3, 0.4) is 0 Å². The molecule has 0 bridgehead atoms. The van der Waals surface area contributed by atoms with Crippen LogP contribution in [0.15, 0.2) is 42.5 Å². The Morgan fingerprint density at radius 1 is 1.03 bits per heavy atom. The van der Waals surface area contributed by atoms with Crippen molar-refractivity contribution in [3.63, 3.8) is 0 Å². The van der Waals surface area contributed by atoms with Gasteiger partial charge in [0, 0.05) is 6.07 Å². The highest BCUT2D eigenvalue weighted by molar-refractivity contribution is 6.23. The molecule has 0 radical (unpaired) electrons. The van der Waals surface area contributed by atoms with E-state index in [4.69, 9.17) is 9.47 Å². The summed E-state index contributed by atoms with van der Waals surface area (Å²) in [6.07, 6.45) is 0.616.